The molecule has 154 valence electrons. The van der Waals surface area contributed by atoms with Crippen LogP contribution in [0.1, 0.15) is 12.8 Å². The van der Waals surface area contributed by atoms with Crippen LogP contribution in [0.2, 0.25) is 5.02 Å². The number of piperazine rings is 1. The molecule has 1 N–H and O–H groups in total. The largest absolute Gasteiger partial charge is 0.481 e. The zero-order chi connectivity index (χ0) is 21.1. The monoisotopic (exact) mass is 424 g/mol. The van der Waals surface area contributed by atoms with Gasteiger partial charge in [-0.25, -0.2) is 9.97 Å². The Hall–Kier alpha value is -3.19. The van der Waals surface area contributed by atoms with Gasteiger partial charge < -0.3 is 14.9 Å². The minimum atomic E-state index is -0.958. The minimum Gasteiger partial charge on any atom is -0.481 e. The lowest BCUT2D eigenvalue weighted by molar-refractivity contribution is -0.141. The van der Waals surface area contributed by atoms with Crippen molar-refractivity contribution in [1.29, 1.82) is 0 Å². The van der Waals surface area contributed by atoms with Gasteiger partial charge in [0.15, 0.2) is 0 Å². The highest BCUT2D eigenvalue weighted by Crippen LogP contribution is 2.30. The van der Waals surface area contributed by atoms with E-state index in [1.807, 2.05) is 48.5 Å². The molecule has 4 rings (SSSR count). The minimum absolute atomic E-state index is 0.0285. The molecule has 3 aromatic rings. The van der Waals surface area contributed by atoms with Crippen molar-refractivity contribution in [2.75, 3.05) is 31.1 Å². The summed E-state index contributed by atoms with van der Waals surface area (Å²) < 4.78 is 0. The van der Waals surface area contributed by atoms with Gasteiger partial charge in [-0.1, -0.05) is 41.9 Å². The second-order valence-corrected chi connectivity index (χ2v) is 7.60. The van der Waals surface area contributed by atoms with E-state index in [9.17, 15) is 9.59 Å². The molecule has 1 aromatic heterocycles. The van der Waals surface area contributed by atoms with E-state index in [1.165, 1.54) is 0 Å². The van der Waals surface area contributed by atoms with Crippen molar-refractivity contribution in [1.82, 2.24) is 14.9 Å². The van der Waals surface area contributed by atoms with Crippen molar-refractivity contribution in [2.45, 2.75) is 12.8 Å². The van der Waals surface area contributed by atoms with E-state index in [2.05, 4.69) is 4.90 Å². The fourth-order valence-electron chi connectivity index (χ4n) is 3.57. The van der Waals surface area contributed by atoms with Crippen LogP contribution in [0.4, 0.5) is 5.95 Å². The van der Waals surface area contributed by atoms with E-state index in [4.69, 9.17) is 26.7 Å². The standard InChI is InChI=1S/C22H21ClN4O3/c23-16-6-7-18-17(14-16)21(15-4-2-1-3-5-15)25-22(24-18)27-12-10-26(11-13-27)19(28)8-9-20(29)30/h1-7,14H,8-13H2,(H,29,30). The van der Waals surface area contributed by atoms with E-state index in [0.717, 1.165) is 22.2 Å². The molecule has 0 atom stereocenters. The fraction of sp³-hybridized carbons (Fsp3) is 0.273. The summed E-state index contributed by atoms with van der Waals surface area (Å²) >= 11 is 6.22. The van der Waals surface area contributed by atoms with Crippen LogP contribution in [-0.4, -0.2) is 58.0 Å². The van der Waals surface area contributed by atoms with Crippen molar-refractivity contribution in [3.05, 3.63) is 53.6 Å². The second kappa shape index (κ2) is 8.67. The Labute approximate surface area is 178 Å². The van der Waals surface area contributed by atoms with Gasteiger partial charge in [-0.3, -0.25) is 9.59 Å². The Morgan fingerprint density at radius 3 is 2.40 bits per heavy atom. The van der Waals surface area contributed by atoms with Gasteiger partial charge in [-0.2, -0.15) is 0 Å². The van der Waals surface area contributed by atoms with Crippen molar-refractivity contribution >= 4 is 40.3 Å². The Kier molecular flexibility index (Phi) is 5.81. The van der Waals surface area contributed by atoms with E-state index in [1.54, 1.807) is 4.90 Å². The highest BCUT2D eigenvalue weighted by atomic mass is 35.5. The molecule has 0 aliphatic carbocycles. The van der Waals surface area contributed by atoms with Gasteiger partial charge in [-0.05, 0) is 18.2 Å². The number of anilines is 1. The predicted molar refractivity (Wildman–Crippen MR) is 116 cm³/mol. The molecule has 1 aliphatic rings. The van der Waals surface area contributed by atoms with E-state index in [0.29, 0.717) is 37.1 Å². The summed E-state index contributed by atoms with van der Waals surface area (Å²) in [6, 6.07) is 15.5. The van der Waals surface area contributed by atoms with Gasteiger partial charge in [-0.15, -0.1) is 0 Å². The molecule has 2 heterocycles. The van der Waals surface area contributed by atoms with Crippen LogP contribution in [-0.2, 0) is 9.59 Å². The topological polar surface area (TPSA) is 86.6 Å². The summed E-state index contributed by atoms with van der Waals surface area (Å²) in [6.07, 6.45) is -0.115. The maximum absolute atomic E-state index is 12.2. The number of aromatic nitrogens is 2. The van der Waals surface area contributed by atoms with Gasteiger partial charge in [0.25, 0.3) is 0 Å². The molecule has 0 radical (unpaired) electrons. The summed E-state index contributed by atoms with van der Waals surface area (Å²) in [6.45, 7) is 2.21. The van der Waals surface area contributed by atoms with Crippen molar-refractivity contribution < 1.29 is 14.7 Å². The third-order valence-electron chi connectivity index (χ3n) is 5.16. The first-order valence-corrected chi connectivity index (χ1v) is 10.2. The number of hydrogen-bond donors (Lipinski definition) is 1. The number of carboxylic acid groups (broad SMARTS) is 1. The first-order chi connectivity index (χ1) is 14.5. The molecule has 1 fully saturated rings. The highest BCUT2D eigenvalue weighted by molar-refractivity contribution is 6.31. The van der Waals surface area contributed by atoms with Crippen LogP contribution < -0.4 is 4.90 Å². The average Bonchev–Trinajstić information content (AvgIpc) is 2.77. The number of nitrogens with zero attached hydrogens (tertiary/aromatic N) is 4. The number of amides is 1. The Morgan fingerprint density at radius 1 is 0.967 bits per heavy atom. The zero-order valence-electron chi connectivity index (χ0n) is 16.3. The molecule has 0 saturated carbocycles. The van der Waals surface area contributed by atoms with Gasteiger partial charge in [0.05, 0.1) is 17.6 Å². The zero-order valence-corrected chi connectivity index (χ0v) is 17.0. The van der Waals surface area contributed by atoms with Gasteiger partial charge in [0, 0.05) is 48.6 Å². The lowest BCUT2D eigenvalue weighted by Crippen LogP contribution is -2.49. The molecular weight excluding hydrogens is 404 g/mol. The lowest BCUT2D eigenvalue weighted by atomic mass is 10.1. The molecule has 2 aromatic carbocycles. The molecule has 30 heavy (non-hydrogen) atoms. The molecule has 7 nitrogen and oxygen atoms in total. The summed E-state index contributed by atoms with van der Waals surface area (Å²) in [5.41, 5.74) is 2.61. The summed E-state index contributed by atoms with van der Waals surface area (Å²) in [5, 5.41) is 10.3. The summed E-state index contributed by atoms with van der Waals surface area (Å²) in [4.78, 5) is 36.2. The average molecular weight is 425 g/mol. The fourth-order valence-corrected chi connectivity index (χ4v) is 3.75. The van der Waals surface area contributed by atoms with Crippen molar-refractivity contribution in [3.8, 4) is 11.3 Å². The normalized spacial score (nSPS) is 14.2. The van der Waals surface area contributed by atoms with Crippen molar-refractivity contribution in [3.63, 3.8) is 0 Å². The molecule has 1 aliphatic heterocycles. The lowest BCUT2D eigenvalue weighted by Gasteiger charge is -2.35. The van der Waals surface area contributed by atoms with Crippen LogP contribution >= 0.6 is 11.6 Å². The number of carbonyl (C=O) groups excluding carboxylic acids is 1. The Morgan fingerprint density at radius 2 is 1.70 bits per heavy atom. The number of rotatable bonds is 5. The quantitative estimate of drug-likeness (QED) is 0.675. The summed E-state index contributed by atoms with van der Waals surface area (Å²) in [7, 11) is 0. The van der Waals surface area contributed by atoms with Crippen LogP contribution in [0.25, 0.3) is 22.2 Å². The molecule has 8 heteroatoms. The summed E-state index contributed by atoms with van der Waals surface area (Å²) in [5.74, 6) is -0.475. The molecule has 0 spiro atoms. The number of carboxylic acids is 1. The Balaban J connectivity index is 1.59. The number of fused-ring (bicyclic) bond motifs is 1. The van der Waals surface area contributed by atoms with Crippen LogP contribution in [0.5, 0.6) is 0 Å². The van der Waals surface area contributed by atoms with E-state index in [-0.39, 0.29) is 18.7 Å². The van der Waals surface area contributed by atoms with Crippen LogP contribution in [0.15, 0.2) is 48.5 Å². The third kappa shape index (κ3) is 4.36. The van der Waals surface area contributed by atoms with Crippen LogP contribution in [0.3, 0.4) is 0 Å². The maximum Gasteiger partial charge on any atom is 0.303 e. The highest BCUT2D eigenvalue weighted by Gasteiger charge is 2.24. The molecule has 1 amide bonds. The molecule has 0 unspecified atom stereocenters. The smallest absolute Gasteiger partial charge is 0.303 e. The second-order valence-electron chi connectivity index (χ2n) is 7.16. The van der Waals surface area contributed by atoms with Crippen LogP contribution in [0, 0.1) is 0 Å². The number of halogens is 1. The van der Waals surface area contributed by atoms with Gasteiger partial charge >= 0.3 is 5.97 Å². The third-order valence-corrected chi connectivity index (χ3v) is 5.40. The molecule has 0 bridgehead atoms. The first-order valence-electron chi connectivity index (χ1n) is 9.78. The number of hydrogen-bond acceptors (Lipinski definition) is 5. The number of aliphatic carboxylic acids is 1. The molecule has 1 saturated heterocycles. The van der Waals surface area contributed by atoms with E-state index < -0.39 is 5.97 Å². The SMILES string of the molecule is O=C(O)CCC(=O)N1CCN(c2nc(-c3ccccc3)c3cc(Cl)ccc3n2)CC1. The van der Waals surface area contributed by atoms with Gasteiger partial charge in [0.2, 0.25) is 11.9 Å². The van der Waals surface area contributed by atoms with E-state index >= 15 is 0 Å². The maximum atomic E-state index is 12.2. The predicted octanol–water partition coefficient (Wildman–Crippen LogP) is 3.46. The number of benzene rings is 2. The molecular formula is C22H21ClN4O3. The Bertz CT molecular complexity index is 1080. The first kappa shape index (κ1) is 20.1. The van der Waals surface area contributed by atoms with Crippen molar-refractivity contribution in [2.24, 2.45) is 0 Å². The number of carbonyl (C=O) groups is 2. The van der Waals surface area contributed by atoms with Gasteiger partial charge in [0.1, 0.15) is 0 Å².